The van der Waals surface area contributed by atoms with E-state index < -0.39 is 0 Å². The molecular formula is C8H12NV-. The zero-order chi connectivity index (χ0) is 7.11. The summed E-state index contributed by atoms with van der Waals surface area (Å²) in [5.74, 6) is 0. The molecule has 0 saturated carbocycles. The molecule has 1 aromatic rings. The van der Waals surface area contributed by atoms with Crippen molar-refractivity contribution in [2.45, 2.75) is 20.8 Å². The predicted molar refractivity (Wildman–Crippen MR) is 39.2 cm³/mol. The van der Waals surface area contributed by atoms with Crippen molar-refractivity contribution in [3.05, 3.63) is 30.1 Å². The third kappa shape index (κ3) is 5.86. The van der Waals surface area contributed by atoms with E-state index in [1.54, 1.807) is 12.3 Å². The molecule has 0 aromatic carbocycles. The quantitative estimate of drug-likeness (QED) is 0.548. The van der Waals surface area contributed by atoms with Crippen LogP contribution in [-0.2, 0) is 18.6 Å². The summed E-state index contributed by atoms with van der Waals surface area (Å²) in [5.41, 5.74) is 1.18. The van der Waals surface area contributed by atoms with Crippen LogP contribution in [0.2, 0.25) is 0 Å². The van der Waals surface area contributed by atoms with Gasteiger partial charge in [0.15, 0.2) is 0 Å². The summed E-state index contributed by atoms with van der Waals surface area (Å²) in [7, 11) is 0. The van der Waals surface area contributed by atoms with Crippen LogP contribution in [0.15, 0.2) is 18.3 Å². The average molecular weight is 173 g/mol. The van der Waals surface area contributed by atoms with Gasteiger partial charge in [0.05, 0.1) is 0 Å². The Bertz CT molecular complexity index is 139. The topological polar surface area (TPSA) is 12.9 Å². The maximum absolute atomic E-state index is 3.76. The van der Waals surface area contributed by atoms with Crippen molar-refractivity contribution in [1.29, 1.82) is 0 Å². The van der Waals surface area contributed by atoms with E-state index in [1.165, 1.54) is 5.56 Å². The van der Waals surface area contributed by atoms with Gasteiger partial charge in [-0.15, -0.1) is 5.56 Å². The molecule has 0 amide bonds. The van der Waals surface area contributed by atoms with Gasteiger partial charge < -0.3 is 4.98 Å². The summed E-state index contributed by atoms with van der Waals surface area (Å²) in [6, 6.07) is 3.77. The van der Waals surface area contributed by atoms with Crippen LogP contribution < -0.4 is 0 Å². The summed E-state index contributed by atoms with van der Waals surface area (Å²) < 4.78 is 0. The maximum Gasteiger partial charge on any atom is 0 e. The second kappa shape index (κ2) is 8.73. The summed E-state index contributed by atoms with van der Waals surface area (Å²) in [6.07, 6.45) is 4.46. The summed E-state index contributed by atoms with van der Waals surface area (Å²) in [5, 5.41) is 0. The molecule has 55 valence electrons. The minimum absolute atomic E-state index is 0. The molecule has 0 unspecified atom stereocenters. The maximum atomic E-state index is 3.76. The van der Waals surface area contributed by atoms with E-state index in [1.807, 2.05) is 26.8 Å². The van der Waals surface area contributed by atoms with Crippen LogP contribution in [0.1, 0.15) is 19.4 Å². The SMILES string of the molecule is CC.Cc1cc[c-]nc1.[V]. The Kier molecular flexibility index (Phi) is 10.8. The standard InChI is InChI=1S/C6H6N.C2H6.V/c1-6-3-2-4-7-5-6;1-2;/h2-3,5H,1H3;1-2H3;/q-1;;. The van der Waals surface area contributed by atoms with Crippen LogP contribution in [0, 0.1) is 13.1 Å². The van der Waals surface area contributed by atoms with Gasteiger partial charge in [0, 0.05) is 18.6 Å². The zero-order valence-electron chi connectivity index (χ0n) is 6.63. The Morgan fingerprint density at radius 2 is 2.00 bits per heavy atom. The van der Waals surface area contributed by atoms with E-state index in [0.29, 0.717) is 0 Å². The van der Waals surface area contributed by atoms with E-state index in [-0.39, 0.29) is 18.6 Å². The second-order valence-corrected chi connectivity index (χ2v) is 1.46. The molecule has 0 atom stereocenters. The normalized spacial score (nSPS) is 6.70. The summed E-state index contributed by atoms with van der Waals surface area (Å²) >= 11 is 0. The van der Waals surface area contributed by atoms with Gasteiger partial charge in [-0.2, -0.15) is 12.1 Å². The summed E-state index contributed by atoms with van der Waals surface area (Å²) in [6.45, 7) is 6.00. The van der Waals surface area contributed by atoms with E-state index >= 15 is 0 Å². The summed E-state index contributed by atoms with van der Waals surface area (Å²) in [4.78, 5) is 3.76. The molecule has 10 heavy (non-hydrogen) atoms. The Morgan fingerprint density at radius 3 is 2.20 bits per heavy atom. The van der Waals surface area contributed by atoms with Crippen molar-refractivity contribution in [1.82, 2.24) is 4.98 Å². The Balaban J connectivity index is 0. The van der Waals surface area contributed by atoms with Gasteiger partial charge in [0.1, 0.15) is 0 Å². The molecule has 0 aliphatic heterocycles. The molecule has 1 radical (unpaired) electrons. The Labute approximate surface area is 74.8 Å². The zero-order valence-corrected chi connectivity index (χ0v) is 8.02. The number of pyridine rings is 1. The van der Waals surface area contributed by atoms with Crippen molar-refractivity contribution in [3.63, 3.8) is 0 Å². The van der Waals surface area contributed by atoms with Gasteiger partial charge in [-0.05, 0) is 0 Å². The van der Waals surface area contributed by atoms with Gasteiger partial charge >= 0.3 is 0 Å². The first-order valence-electron chi connectivity index (χ1n) is 3.18. The monoisotopic (exact) mass is 173 g/mol. The Hall–Kier alpha value is -0.266. The fourth-order valence-electron chi connectivity index (χ4n) is 0.394. The fraction of sp³-hybridized carbons (Fsp3) is 0.375. The first-order chi connectivity index (χ1) is 4.39. The number of aryl methyl sites for hydroxylation is 1. The Morgan fingerprint density at radius 1 is 1.40 bits per heavy atom. The average Bonchev–Trinajstić information content (AvgIpc) is 1.94. The van der Waals surface area contributed by atoms with Crippen LogP contribution in [0.4, 0.5) is 0 Å². The predicted octanol–water partition coefficient (Wildman–Crippen LogP) is 2.21. The van der Waals surface area contributed by atoms with Crippen molar-refractivity contribution in [3.8, 4) is 0 Å². The first-order valence-corrected chi connectivity index (χ1v) is 3.18. The van der Waals surface area contributed by atoms with Crippen molar-refractivity contribution < 1.29 is 18.6 Å². The molecule has 2 heteroatoms. The van der Waals surface area contributed by atoms with Crippen LogP contribution in [0.5, 0.6) is 0 Å². The molecule has 0 saturated heterocycles. The molecular weight excluding hydrogens is 161 g/mol. The van der Waals surface area contributed by atoms with Gasteiger partial charge in [-0.1, -0.05) is 33.2 Å². The molecule has 1 aromatic heterocycles. The van der Waals surface area contributed by atoms with Crippen LogP contribution in [-0.4, -0.2) is 4.98 Å². The number of hydrogen-bond acceptors (Lipinski definition) is 1. The smallest absolute Gasteiger partial charge is 0 e. The third-order valence-corrected chi connectivity index (χ3v) is 0.763. The van der Waals surface area contributed by atoms with Crippen LogP contribution in [0.3, 0.4) is 0 Å². The van der Waals surface area contributed by atoms with Crippen molar-refractivity contribution >= 4 is 0 Å². The van der Waals surface area contributed by atoms with E-state index in [9.17, 15) is 0 Å². The van der Waals surface area contributed by atoms with E-state index in [2.05, 4.69) is 11.2 Å². The van der Waals surface area contributed by atoms with Crippen LogP contribution in [0.25, 0.3) is 0 Å². The molecule has 0 aliphatic carbocycles. The first kappa shape index (κ1) is 12.4. The molecule has 0 bridgehead atoms. The minimum atomic E-state index is 0. The molecule has 0 spiro atoms. The molecule has 0 fully saturated rings. The van der Waals surface area contributed by atoms with E-state index in [0.717, 1.165) is 0 Å². The minimum Gasteiger partial charge on any atom is -0.394 e. The largest absolute Gasteiger partial charge is 0.394 e. The van der Waals surface area contributed by atoms with Crippen LogP contribution >= 0.6 is 0 Å². The van der Waals surface area contributed by atoms with Gasteiger partial charge in [0.2, 0.25) is 0 Å². The third-order valence-electron chi connectivity index (χ3n) is 0.763. The molecule has 0 N–H and O–H groups in total. The van der Waals surface area contributed by atoms with Gasteiger partial charge in [0.25, 0.3) is 0 Å². The number of rotatable bonds is 0. The molecule has 1 heterocycles. The van der Waals surface area contributed by atoms with Gasteiger partial charge in [-0.3, -0.25) is 0 Å². The number of aromatic nitrogens is 1. The van der Waals surface area contributed by atoms with Gasteiger partial charge in [-0.25, -0.2) is 0 Å². The van der Waals surface area contributed by atoms with Crippen molar-refractivity contribution in [2.24, 2.45) is 0 Å². The molecule has 1 rings (SSSR count). The fourth-order valence-corrected chi connectivity index (χ4v) is 0.394. The number of hydrogen-bond donors (Lipinski definition) is 0. The molecule has 1 nitrogen and oxygen atoms in total. The second-order valence-electron chi connectivity index (χ2n) is 1.46. The number of nitrogens with zero attached hydrogens (tertiary/aromatic N) is 1. The van der Waals surface area contributed by atoms with Crippen molar-refractivity contribution in [2.75, 3.05) is 0 Å². The molecule has 0 aliphatic rings. The van der Waals surface area contributed by atoms with E-state index in [4.69, 9.17) is 0 Å².